The minimum absolute atomic E-state index is 0.135. The first-order valence-electron chi connectivity index (χ1n) is 16.8. The lowest BCUT2D eigenvalue weighted by Crippen LogP contribution is -2.50. The van der Waals surface area contributed by atoms with Crippen LogP contribution in [-0.2, 0) is 45.4 Å². The molecule has 0 spiro atoms. The van der Waals surface area contributed by atoms with Crippen LogP contribution in [0, 0.1) is 0 Å². The number of carbonyl (C=O) groups is 2. The van der Waals surface area contributed by atoms with E-state index < -0.39 is 16.1 Å². The highest BCUT2D eigenvalue weighted by atomic mass is 35.5. The number of amides is 2. The van der Waals surface area contributed by atoms with Gasteiger partial charge in [-0.3, -0.25) is 9.59 Å². The van der Waals surface area contributed by atoms with E-state index in [0.29, 0.717) is 55.4 Å². The summed E-state index contributed by atoms with van der Waals surface area (Å²) in [5.41, 5.74) is 3.58. The molecule has 2 amide bonds. The second-order valence-corrected chi connectivity index (χ2v) is 14.7. The highest BCUT2D eigenvalue weighted by Gasteiger charge is 2.31. The van der Waals surface area contributed by atoms with E-state index in [0.717, 1.165) is 35.1 Å². The van der Waals surface area contributed by atoms with Crippen molar-refractivity contribution in [1.82, 2.24) is 14.5 Å². The average molecular weight is 718 g/mol. The predicted octanol–water partition coefficient (Wildman–Crippen LogP) is 6.07. The molecule has 0 aromatic heterocycles. The number of carbonyl (C=O) groups excluding carboxylic acids is 2. The van der Waals surface area contributed by atoms with Crippen LogP contribution in [0.5, 0.6) is 11.5 Å². The Bertz CT molecular complexity index is 1830. The number of hydrogen-bond donors (Lipinski definition) is 1. The minimum atomic E-state index is -3.53. The zero-order valence-electron chi connectivity index (χ0n) is 28.5. The SMILES string of the molecule is COc1ccc(CCNC(=O)[C@H](Cc2ccccc2)N(Cc2ccc(Cl)cc2)C(=O)CCc2ccc(S(=O)(=O)N3CCCC3)cc2)cc1OC. The zero-order chi connectivity index (χ0) is 35.5. The van der Waals surface area contributed by atoms with E-state index in [1.54, 1.807) is 55.5 Å². The normalized spacial score (nSPS) is 13.8. The summed E-state index contributed by atoms with van der Waals surface area (Å²) in [5, 5.41) is 3.66. The zero-order valence-corrected chi connectivity index (χ0v) is 30.1. The number of nitrogens with zero attached hydrogens (tertiary/aromatic N) is 2. The molecule has 4 aromatic rings. The van der Waals surface area contributed by atoms with Crippen LogP contribution in [0.4, 0.5) is 0 Å². The number of nitrogens with one attached hydrogen (secondary N) is 1. The highest BCUT2D eigenvalue weighted by Crippen LogP contribution is 2.28. The molecule has 9 nitrogen and oxygen atoms in total. The highest BCUT2D eigenvalue weighted by molar-refractivity contribution is 7.89. The lowest BCUT2D eigenvalue weighted by Gasteiger charge is -2.32. The molecule has 4 aromatic carbocycles. The number of ether oxygens (including phenoxy) is 2. The summed E-state index contributed by atoms with van der Waals surface area (Å²) in [6, 6.07) is 28.5. The van der Waals surface area contributed by atoms with Gasteiger partial charge in [-0.05, 0) is 84.3 Å². The molecule has 0 unspecified atom stereocenters. The molecule has 5 rings (SSSR count). The molecule has 0 saturated carbocycles. The summed E-state index contributed by atoms with van der Waals surface area (Å²) >= 11 is 6.17. The van der Waals surface area contributed by atoms with Crippen LogP contribution < -0.4 is 14.8 Å². The second-order valence-electron chi connectivity index (χ2n) is 12.3. The van der Waals surface area contributed by atoms with Crippen molar-refractivity contribution < 1.29 is 27.5 Å². The van der Waals surface area contributed by atoms with Crippen molar-refractivity contribution in [2.45, 2.75) is 56.0 Å². The maximum absolute atomic E-state index is 14.1. The van der Waals surface area contributed by atoms with Crippen molar-refractivity contribution in [2.75, 3.05) is 33.9 Å². The summed E-state index contributed by atoms with van der Waals surface area (Å²) in [7, 11) is -0.362. The van der Waals surface area contributed by atoms with Crippen molar-refractivity contribution in [3.63, 3.8) is 0 Å². The van der Waals surface area contributed by atoms with Gasteiger partial charge in [0.15, 0.2) is 11.5 Å². The van der Waals surface area contributed by atoms with Gasteiger partial charge < -0.3 is 19.7 Å². The average Bonchev–Trinajstić information content (AvgIpc) is 3.70. The first-order chi connectivity index (χ1) is 24.2. The summed E-state index contributed by atoms with van der Waals surface area (Å²) in [6.45, 7) is 1.64. The summed E-state index contributed by atoms with van der Waals surface area (Å²) in [4.78, 5) is 30.1. The Morgan fingerprint density at radius 1 is 0.800 bits per heavy atom. The van der Waals surface area contributed by atoms with Crippen molar-refractivity contribution in [3.8, 4) is 11.5 Å². The van der Waals surface area contributed by atoms with Crippen molar-refractivity contribution >= 4 is 33.4 Å². The van der Waals surface area contributed by atoms with Crippen LogP contribution in [0.1, 0.15) is 41.5 Å². The Hall–Kier alpha value is -4.38. The minimum Gasteiger partial charge on any atom is -0.493 e. The molecule has 11 heteroatoms. The Morgan fingerprint density at radius 3 is 2.10 bits per heavy atom. The first-order valence-corrected chi connectivity index (χ1v) is 18.7. The molecule has 50 heavy (non-hydrogen) atoms. The molecule has 1 saturated heterocycles. The fourth-order valence-corrected chi connectivity index (χ4v) is 7.77. The van der Waals surface area contributed by atoms with Crippen LogP contribution in [0.3, 0.4) is 0 Å². The van der Waals surface area contributed by atoms with E-state index in [1.807, 2.05) is 60.7 Å². The molecular weight excluding hydrogens is 674 g/mol. The number of halogens is 1. The third-order valence-electron chi connectivity index (χ3n) is 8.95. The Kier molecular flexibility index (Phi) is 12.9. The Balaban J connectivity index is 1.34. The van der Waals surface area contributed by atoms with Gasteiger partial charge in [-0.25, -0.2) is 8.42 Å². The molecule has 0 bridgehead atoms. The number of hydrogen-bond acceptors (Lipinski definition) is 6. The van der Waals surface area contributed by atoms with Gasteiger partial charge in [0.1, 0.15) is 6.04 Å². The van der Waals surface area contributed by atoms with E-state index in [2.05, 4.69) is 5.32 Å². The maximum atomic E-state index is 14.1. The molecule has 1 fully saturated rings. The van der Waals surface area contributed by atoms with Crippen LogP contribution in [0.25, 0.3) is 0 Å². The number of aryl methyl sites for hydroxylation is 1. The van der Waals surface area contributed by atoms with Gasteiger partial charge in [0.05, 0.1) is 19.1 Å². The standard InChI is InChI=1S/C39H44ClN3O6S/c1-48-36-20-14-31(27-37(36)49-2)22-23-41-39(45)35(26-30-8-4-3-5-9-30)43(28-32-10-16-33(40)17-11-32)38(44)21-15-29-12-18-34(19-13-29)50(46,47)42-24-6-7-25-42/h3-5,8-14,16-20,27,35H,6-7,15,21-26,28H2,1-2H3,(H,41,45)/t35-/m0/s1. The topological polar surface area (TPSA) is 105 Å². The van der Waals surface area contributed by atoms with Gasteiger partial charge in [-0.1, -0.05) is 72.3 Å². The number of sulfonamides is 1. The molecule has 1 aliphatic rings. The van der Waals surface area contributed by atoms with Crippen LogP contribution >= 0.6 is 11.6 Å². The molecule has 1 N–H and O–H groups in total. The van der Waals surface area contributed by atoms with Crippen LogP contribution in [-0.4, -0.2) is 69.3 Å². The van der Waals surface area contributed by atoms with Crippen LogP contribution in [0.2, 0.25) is 5.02 Å². The molecule has 0 radical (unpaired) electrons. The molecule has 1 atom stereocenters. The third-order valence-corrected chi connectivity index (χ3v) is 11.1. The lowest BCUT2D eigenvalue weighted by molar-refractivity contribution is -0.141. The van der Waals surface area contributed by atoms with E-state index in [1.165, 1.54) is 4.31 Å². The largest absolute Gasteiger partial charge is 0.493 e. The molecule has 0 aliphatic carbocycles. The van der Waals surface area contributed by atoms with Gasteiger partial charge >= 0.3 is 0 Å². The predicted molar refractivity (Wildman–Crippen MR) is 195 cm³/mol. The summed E-state index contributed by atoms with van der Waals surface area (Å²) < 4.78 is 38.3. The lowest BCUT2D eigenvalue weighted by atomic mass is 10.0. The maximum Gasteiger partial charge on any atom is 0.243 e. The number of rotatable bonds is 16. The first kappa shape index (κ1) is 36.9. The Labute approximate surface area is 300 Å². The van der Waals surface area contributed by atoms with Gasteiger partial charge in [0, 0.05) is 44.0 Å². The van der Waals surface area contributed by atoms with Crippen molar-refractivity contribution in [2.24, 2.45) is 0 Å². The molecule has 1 heterocycles. The monoisotopic (exact) mass is 717 g/mol. The summed E-state index contributed by atoms with van der Waals surface area (Å²) in [5.74, 6) is 0.793. The smallest absolute Gasteiger partial charge is 0.243 e. The second kappa shape index (κ2) is 17.5. The Morgan fingerprint density at radius 2 is 1.44 bits per heavy atom. The van der Waals surface area contributed by atoms with Gasteiger partial charge in [-0.15, -0.1) is 0 Å². The van der Waals surface area contributed by atoms with E-state index in [4.69, 9.17) is 21.1 Å². The van der Waals surface area contributed by atoms with Crippen LogP contribution in [0.15, 0.2) is 102 Å². The number of methoxy groups -OCH3 is 2. The molecule has 264 valence electrons. The third kappa shape index (κ3) is 9.65. The molecule has 1 aliphatic heterocycles. The van der Waals surface area contributed by atoms with E-state index in [9.17, 15) is 18.0 Å². The summed E-state index contributed by atoms with van der Waals surface area (Å²) in [6.07, 6.45) is 3.14. The quantitative estimate of drug-likeness (QED) is 0.151. The van der Waals surface area contributed by atoms with Gasteiger partial charge in [-0.2, -0.15) is 4.31 Å². The van der Waals surface area contributed by atoms with E-state index >= 15 is 0 Å². The van der Waals surface area contributed by atoms with Gasteiger partial charge in [0.2, 0.25) is 21.8 Å². The van der Waals surface area contributed by atoms with E-state index in [-0.39, 0.29) is 29.7 Å². The number of benzene rings is 4. The fourth-order valence-electron chi connectivity index (χ4n) is 6.12. The van der Waals surface area contributed by atoms with Gasteiger partial charge in [0.25, 0.3) is 0 Å². The van der Waals surface area contributed by atoms with Crippen molar-refractivity contribution in [1.29, 1.82) is 0 Å². The molecular formula is C39H44ClN3O6S. The van der Waals surface area contributed by atoms with Crippen molar-refractivity contribution in [3.05, 3.63) is 124 Å². The fraction of sp³-hybridized carbons (Fsp3) is 0.333.